The minimum Gasteiger partial charge on any atom is -0.325 e. The summed E-state index contributed by atoms with van der Waals surface area (Å²) in [7, 11) is 0. The van der Waals surface area contributed by atoms with Crippen LogP contribution >= 0.6 is 0 Å². The van der Waals surface area contributed by atoms with Crippen LogP contribution in [0.5, 0.6) is 0 Å². The molecule has 0 aliphatic heterocycles. The Hall–Kier alpha value is -2.20. The van der Waals surface area contributed by atoms with Crippen molar-refractivity contribution in [2.24, 2.45) is 0 Å². The number of hydrogen-bond acceptors (Lipinski definition) is 2. The van der Waals surface area contributed by atoms with Gasteiger partial charge in [0.2, 0.25) is 5.91 Å². The van der Waals surface area contributed by atoms with E-state index in [9.17, 15) is 9.18 Å². The number of halogens is 1. The number of amides is 1. The van der Waals surface area contributed by atoms with E-state index in [0.717, 1.165) is 5.56 Å². The van der Waals surface area contributed by atoms with Crippen LogP contribution in [0, 0.1) is 12.7 Å². The molecular weight excluding hydrogens is 267 g/mol. The van der Waals surface area contributed by atoms with Crippen molar-refractivity contribution >= 4 is 11.6 Å². The van der Waals surface area contributed by atoms with Crippen molar-refractivity contribution in [2.45, 2.75) is 19.9 Å². The maximum atomic E-state index is 13.0. The van der Waals surface area contributed by atoms with Crippen molar-refractivity contribution in [1.82, 2.24) is 5.32 Å². The summed E-state index contributed by atoms with van der Waals surface area (Å²) in [4.78, 5) is 11.8. The number of benzene rings is 2. The van der Waals surface area contributed by atoms with Crippen LogP contribution in [-0.2, 0) is 4.79 Å². The van der Waals surface area contributed by atoms with Gasteiger partial charge in [0.1, 0.15) is 5.82 Å². The van der Waals surface area contributed by atoms with Crippen molar-refractivity contribution in [3.05, 3.63) is 65.5 Å². The fourth-order valence-corrected chi connectivity index (χ4v) is 2.07. The summed E-state index contributed by atoms with van der Waals surface area (Å²) in [6.45, 7) is 4.21. The van der Waals surface area contributed by atoms with Gasteiger partial charge in [-0.3, -0.25) is 4.79 Å². The largest absolute Gasteiger partial charge is 0.325 e. The molecule has 0 unspecified atom stereocenters. The van der Waals surface area contributed by atoms with Gasteiger partial charge in [-0.1, -0.05) is 35.9 Å². The summed E-state index contributed by atoms with van der Waals surface area (Å²) in [5.74, 6) is -0.561. The van der Waals surface area contributed by atoms with Crippen LogP contribution in [0.2, 0.25) is 0 Å². The molecule has 0 spiro atoms. The van der Waals surface area contributed by atoms with Crippen LogP contribution in [0.4, 0.5) is 10.1 Å². The smallest absolute Gasteiger partial charge is 0.238 e. The van der Waals surface area contributed by atoms with Gasteiger partial charge in [-0.2, -0.15) is 0 Å². The van der Waals surface area contributed by atoms with Crippen molar-refractivity contribution in [1.29, 1.82) is 0 Å². The Morgan fingerprint density at radius 1 is 1.19 bits per heavy atom. The van der Waals surface area contributed by atoms with E-state index in [-0.39, 0.29) is 24.3 Å². The lowest BCUT2D eigenvalue weighted by molar-refractivity contribution is -0.115. The predicted molar refractivity (Wildman–Crippen MR) is 82.6 cm³/mol. The number of aryl methyl sites for hydroxylation is 1. The minimum absolute atomic E-state index is 0.0724. The lowest BCUT2D eigenvalue weighted by atomic mass is 10.1. The highest BCUT2D eigenvalue weighted by Gasteiger charge is 2.08. The van der Waals surface area contributed by atoms with Gasteiger partial charge in [0, 0.05) is 11.7 Å². The first-order chi connectivity index (χ1) is 10.0. The molecule has 21 heavy (non-hydrogen) atoms. The number of carbonyl (C=O) groups excluding carboxylic acids is 1. The molecule has 1 amide bonds. The number of rotatable bonds is 5. The molecule has 0 aliphatic carbocycles. The number of hydrogen-bond donors (Lipinski definition) is 2. The van der Waals surface area contributed by atoms with Crippen molar-refractivity contribution in [3.8, 4) is 0 Å². The maximum absolute atomic E-state index is 13.0. The molecule has 0 radical (unpaired) electrons. The molecule has 3 nitrogen and oxygen atoms in total. The quantitative estimate of drug-likeness (QED) is 0.884. The van der Waals surface area contributed by atoms with E-state index >= 15 is 0 Å². The first-order valence-electron chi connectivity index (χ1n) is 6.90. The van der Waals surface area contributed by atoms with Gasteiger partial charge >= 0.3 is 0 Å². The highest BCUT2D eigenvalue weighted by atomic mass is 19.1. The van der Waals surface area contributed by atoms with E-state index in [4.69, 9.17) is 0 Å². The SMILES string of the molecule is Cc1cccc([C@@H](C)NCC(=O)Nc2cccc(F)c2)c1. The Balaban J connectivity index is 1.86. The average Bonchev–Trinajstić information content (AvgIpc) is 2.45. The number of anilines is 1. The summed E-state index contributed by atoms with van der Waals surface area (Å²) in [5, 5.41) is 5.81. The summed E-state index contributed by atoms with van der Waals surface area (Å²) >= 11 is 0. The summed E-state index contributed by atoms with van der Waals surface area (Å²) in [5.41, 5.74) is 2.78. The Bertz CT molecular complexity index is 628. The molecule has 0 aliphatic rings. The summed E-state index contributed by atoms with van der Waals surface area (Å²) in [6.07, 6.45) is 0. The zero-order chi connectivity index (χ0) is 15.2. The third-order valence-electron chi connectivity index (χ3n) is 3.22. The second-order valence-corrected chi connectivity index (χ2v) is 5.08. The molecule has 0 saturated carbocycles. The van der Waals surface area contributed by atoms with E-state index < -0.39 is 0 Å². The molecule has 0 fully saturated rings. The van der Waals surface area contributed by atoms with E-state index in [1.165, 1.54) is 17.7 Å². The first-order valence-corrected chi connectivity index (χ1v) is 6.90. The van der Waals surface area contributed by atoms with E-state index in [1.807, 2.05) is 32.0 Å². The van der Waals surface area contributed by atoms with Crippen LogP contribution in [0.15, 0.2) is 48.5 Å². The van der Waals surface area contributed by atoms with Gasteiger partial charge in [-0.05, 0) is 37.6 Å². The lowest BCUT2D eigenvalue weighted by Gasteiger charge is -2.14. The third kappa shape index (κ3) is 4.68. The molecule has 0 bridgehead atoms. The molecular formula is C17H19FN2O. The molecule has 0 aromatic heterocycles. The van der Waals surface area contributed by atoms with Crippen molar-refractivity contribution in [3.63, 3.8) is 0 Å². The molecule has 0 saturated heterocycles. The fraction of sp³-hybridized carbons (Fsp3) is 0.235. The van der Waals surface area contributed by atoms with E-state index in [1.54, 1.807) is 12.1 Å². The predicted octanol–water partition coefficient (Wildman–Crippen LogP) is 3.42. The molecule has 2 N–H and O–H groups in total. The van der Waals surface area contributed by atoms with E-state index in [2.05, 4.69) is 16.7 Å². The van der Waals surface area contributed by atoms with Gasteiger partial charge < -0.3 is 10.6 Å². The zero-order valence-electron chi connectivity index (χ0n) is 12.2. The maximum Gasteiger partial charge on any atom is 0.238 e. The summed E-state index contributed by atoms with van der Waals surface area (Å²) in [6, 6.07) is 14.1. The van der Waals surface area contributed by atoms with Gasteiger partial charge in [0.25, 0.3) is 0 Å². The standard InChI is InChI=1S/C17H19FN2O/c1-12-5-3-6-14(9-12)13(2)19-11-17(21)20-16-8-4-7-15(18)10-16/h3-10,13,19H,11H2,1-2H3,(H,20,21)/t13-/m1/s1. The topological polar surface area (TPSA) is 41.1 Å². The lowest BCUT2D eigenvalue weighted by Crippen LogP contribution is -2.30. The van der Waals surface area contributed by atoms with Crippen LogP contribution in [-0.4, -0.2) is 12.5 Å². The van der Waals surface area contributed by atoms with E-state index in [0.29, 0.717) is 5.69 Å². The molecule has 110 valence electrons. The molecule has 0 heterocycles. The van der Waals surface area contributed by atoms with Crippen LogP contribution in [0.1, 0.15) is 24.1 Å². The molecule has 2 aromatic rings. The second kappa shape index (κ2) is 6.99. The number of carbonyl (C=O) groups is 1. The van der Waals surface area contributed by atoms with Gasteiger partial charge in [-0.25, -0.2) is 4.39 Å². The molecule has 2 rings (SSSR count). The number of nitrogens with one attached hydrogen (secondary N) is 2. The third-order valence-corrected chi connectivity index (χ3v) is 3.22. The molecule has 1 atom stereocenters. The fourth-order valence-electron chi connectivity index (χ4n) is 2.07. The average molecular weight is 286 g/mol. The van der Waals surface area contributed by atoms with Crippen LogP contribution < -0.4 is 10.6 Å². The van der Waals surface area contributed by atoms with Crippen molar-refractivity contribution in [2.75, 3.05) is 11.9 Å². The van der Waals surface area contributed by atoms with Crippen LogP contribution in [0.3, 0.4) is 0 Å². The summed E-state index contributed by atoms with van der Waals surface area (Å²) < 4.78 is 13.0. The highest BCUT2D eigenvalue weighted by Crippen LogP contribution is 2.13. The zero-order valence-corrected chi connectivity index (χ0v) is 12.2. The molecule has 2 aromatic carbocycles. The Kier molecular flexibility index (Phi) is 5.06. The Morgan fingerprint density at radius 2 is 1.95 bits per heavy atom. The van der Waals surface area contributed by atoms with Crippen LogP contribution in [0.25, 0.3) is 0 Å². The second-order valence-electron chi connectivity index (χ2n) is 5.08. The molecule has 4 heteroatoms. The minimum atomic E-state index is -0.367. The monoisotopic (exact) mass is 286 g/mol. The van der Waals surface area contributed by atoms with Gasteiger partial charge in [0.15, 0.2) is 0 Å². The normalized spacial score (nSPS) is 12.0. The van der Waals surface area contributed by atoms with Crippen molar-refractivity contribution < 1.29 is 9.18 Å². The van der Waals surface area contributed by atoms with Gasteiger partial charge in [-0.15, -0.1) is 0 Å². The first kappa shape index (κ1) is 15.2. The highest BCUT2D eigenvalue weighted by molar-refractivity contribution is 5.92. The Morgan fingerprint density at radius 3 is 2.67 bits per heavy atom. The van der Waals surface area contributed by atoms with Gasteiger partial charge in [0.05, 0.1) is 6.54 Å². The Labute approximate surface area is 124 Å².